The first kappa shape index (κ1) is 13.0. The van der Waals surface area contributed by atoms with E-state index in [0.29, 0.717) is 0 Å². The average Bonchev–Trinajstić information content (AvgIpc) is 1.44. The van der Waals surface area contributed by atoms with E-state index in [1.54, 1.807) is 0 Å². The molecule has 0 unspecified atom stereocenters. The van der Waals surface area contributed by atoms with E-state index in [2.05, 4.69) is 0 Å². The lowest BCUT2D eigenvalue weighted by atomic mass is 13.8. The molecule has 0 heterocycles. The van der Waals surface area contributed by atoms with E-state index in [-0.39, 0.29) is 0 Å². The highest BCUT2D eigenvalue weighted by Crippen LogP contribution is 2.33. The molecule has 0 aliphatic heterocycles. The first-order valence-electron chi connectivity index (χ1n) is 2.37. The second-order valence-electron chi connectivity index (χ2n) is 1.74. The van der Waals surface area contributed by atoms with Gasteiger partial charge in [-0.15, -0.1) is 3.90 Å². The fourth-order valence-corrected chi connectivity index (χ4v) is 3.88. The second-order valence-corrected chi connectivity index (χ2v) is 7.23. The van der Waals surface area contributed by atoms with Crippen molar-refractivity contribution in [2.75, 3.05) is 0 Å². The summed E-state index contributed by atoms with van der Waals surface area (Å²) in [6.07, 6.45) is 0. The molecule has 0 bridgehead atoms. The van der Waals surface area contributed by atoms with Crippen molar-refractivity contribution >= 4 is 27.7 Å². The van der Waals surface area contributed by atoms with Crippen molar-refractivity contribution < 1.29 is 37.0 Å². The predicted octanol–water partition coefficient (Wildman–Crippen LogP) is 2.32. The van der Waals surface area contributed by atoms with Crippen LogP contribution in [0.15, 0.2) is 0 Å². The molecule has 0 aromatic heterocycles. The minimum absolute atomic E-state index is 3.02. The molecule has 0 rings (SSSR count). The van der Waals surface area contributed by atoms with Gasteiger partial charge >= 0.3 is 27.7 Å². The number of halogens is 9. The van der Waals surface area contributed by atoms with E-state index in [4.69, 9.17) is 0 Å². The van der Waals surface area contributed by atoms with Gasteiger partial charge in [-0.1, -0.05) is 0 Å². The molecule has 13 heavy (non-hydrogen) atoms. The molecular formula is F9NSi3. The van der Waals surface area contributed by atoms with Crippen LogP contribution in [-0.2, 0) is 0 Å². The topological polar surface area (TPSA) is 3.24 Å². The highest BCUT2D eigenvalue weighted by Gasteiger charge is 2.77. The quantitative estimate of drug-likeness (QED) is 0.432. The molecule has 0 amide bonds. The smallest absolute Gasteiger partial charge is 0.225 e. The van der Waals surface area contributed by atoms with Crippen LogP contribution in [0, 0.1) is 0 Å². The van der Waals surface area contributed by atoms with Crippen molar-refractivity contribution in [2.24, 2.45) is 0 Å². The molecule has 0 aromatic carbocycles. The maximum atomic E-state index is 11.4. The molecule has 0 aliphatic rings. The summed E-state index contributed by atoms with van der Waals surface area (Å²) >= 11 is 0. The van der Waals surface area contributed by atoms with Crippen LogP contribution in [0.25, 0.3) is 0 Å². The van der Waals surface area contributed by atoms with Gasteiger partial charge in [-0.2, -0.15) is 0 Å². The van der Waals surface area contributed by atoms with E-state index in [1.807, 2.05) is 0 Å². The Balaban J connectivity index is 5.02. The zero-order valence-corrected chi connectivity index (χ0v) is 8.35. The van der Waals surface area contributed by atoms with Gasteiger partial charge in [-0.25, -0.2) is 37.0 Å². The Morgan fingerprint density at radius 2 is 0.615 bits per heavy atom. The molecule has 1 nitrogen and oxygen atoms in total. The van der Waals surface area contributed by atoms with Gasteiger partial charge in [0.2, 0.25) is 0 Å². The molecule has 13 heteroatoms. The van der Waals surface area contributed by atoms with E-state index in [0.717, 1.165) is 0 Å². The largest absolute Gasteiger partial charge is 0.717 e. The molecular weight excluding hydrogens is 269 g/mol. The summed E-state index contributed by atoms with van der Waals surface area (Å²) in [5, 5.41) is 0. The van der Waals surface area contributed by atoms with Gasteiger partial charge in [-0.05, 0) is 0 Å². The van der Waals surface area contributed by atoms with E-state index in [9.17, 15) is 37.0 Å². The van der Waals surface area contributed by atoms with Crippen molar-refractivity contribution in [2.45, 2.75) is 0 Å². The van der Waals surface area contributed by atoms with Crippen molar-refractivity contribution in [3.8, 4) is 0 Å². The van der Waals surface area contributed by atoms with E-state index < -0.39 is 31.6 Å². The summed E-state index contributed by atoms with van der Waals surface area (Å²) < 4.78 is 99.6. The Morgan fingerprint density at radius 1 is 0.462 bits per heavy atom. The standard InChI is InChI=1S/F9NSi3/c1-11(2,3)10(12(4,5)6)13(7,8)9. The molecule has 0 radical (unpaired) electrons. The van der Waals surface area contributed by atoms with Crippen LogP contribution < -0.4 is 0 Å². The van der Waals surface area contributed by atoms with Gasteiger partial charge < -0.3 is 0 Å². The molecule has 0 N–H and O–H groups in total. The van der Waals surface area contributed by atoms with Crippen LogP contribution in [0.3, 0.4) is 0 Å². The first-order chi connectivity index (χ1) is 5.37. The summed E-state index contributed by atoms with van der Waals surface area (Å²) in [5.41, 5.74) is 0. The van der Waals surface area contributed by atoms with Crippen molar-refractivity contribution in [1.82, 2.24) is 3.90 Å². The number of rotatable bonds is 3. The Labute approximate surface area is 69.6 Å². The molecule has 0 saturated carbocycles. The third-order valence-corrected chi connectivity index (χ3v) is 6.85. The summed E-state index contributed by atoms with van der Waals surface area (Å²) in [6.45, 7) is 0. The Morgan fingerprint density at radius 3 is 0.615 bits per heavy atom. The highest BCUT2D eigenvalue weighted by atomic mass is 28.6. The van der Waals surface area contributed by atoms with Gasteiger partial charge in [-0.3, -0.25) is 0 Å². The zero-order valence-electron chi connectivity index (χ0n) is 5.35. The average molecular weight is 269 g/mol. The maximum absolute atomic E-state index is 11.4. The minimum atomic E-state index is -7.85. The molecule has 80 valence electrons. The van der Waals surface area contributed by atoms with E-state index in [1.165, 1.54) is 0 Å². The lowest BCUT2D eigenvalue weighted by Gasteiger charge is -2.22. The lowest BCUT2D eigenvalue weighted by Crippen LogP contribution is -2.65. The SMILES string of the molecule is F[Si](F)(F)N([Si](F)(F)F)[Si](F)(F)F. The van der Waals surface area contributed by atoms with Gasteiger partial charge in [0, 0.05) is 0 Å². The first-order valence-corrected chi connectivity index (χ1v) is 7.11. The summed E-state index contributed by atoms with van der Waals surface area (Å²) in [4.78, 5) is 0. The summed E-state index contributed by atoms with van der Waals surface area (Å²) in [5.74, 6) is 0. The number of nitrogens with zero attached hydrogens (tertiary/aromatic N) is 1. The number of hydrogen-bond donors (Lipinski definition) is 0. The van der Waals surface area contributed by atoms with Crippen LogP contribution in [0.5, 0.6) is 0 Å². The fourth-order valence-electron chi connectivity index (χ4n) is 0.431. The van der Waals surface area contributed by atoms with Crippen LogP contribution in [-0.4, -0.2) is 31.6 Å². The second kappa shape index (κ2) is 3.28. The zero-order chi connectivity index (χ0) is 11.1. The molecule has 0 spiro atoms. The lowest BCUT2D eigenvalue weighted by molar-refractivity contribution is 0.274. The third-order valence-electron chi connectivity index (χ3n) is 0.761. The Hall–Kier alpha value is -0.0194. The van der Waals surface area contributed by atoms with Crippen LogP contribution in [0.2, 0.25) is 0 Å². The fraction of sp³-hybridized carbons (Fsp3) is 0. The van der Waals surface area contributed by atoms with Crippen molar-refractivity contribution in [3.05, 3.63) is 0 Å². The minimum Gasteiger partial charge on any atom is -0.225 e. The van der Waals surface area contributed by atoms with Crippen molar-refractivity contribution in [3.63, 3.8) is 0 Å². The molecule has 0 aliphatic carbocycles. The Kier molecular flexibility index (Phi) is 3.28. The van der Waals surface area contributed by atoms with Crippen LogP contribution in [0.4, 0.5) is 37.0 Å². The molecule has 0 atom stereocenters. The number of hydrogen-bond acceptors (Lipinski definition) is 1. The highest BCUT2D eigenvalue weighted by molar-refractivity contribution is 6.88. The third kappa shape index (κ3) is 3.69. The van der Waals surface area contributed by atoms with Crippen LogP contribution in [0.1, 0.15) is 0 Å². The maximum Gasteiger partial charge on any atom is 0.717 e. The predicted molar refractivity (Wildman–Crippen MR) is 29.1 cm³/mol. The van der Waals surface area contributed by atoms with Gasteiger partial charge in [0.25, 0.3) is 0 Å². The van der Waals surface area contributed by atoms with E-state index >= 15 is 0 Å². The summed E-state index contributed by atoms with van der Waals surface area (Å²) in [7, 11) is -23.6. The monoisotopic (exact) mass is 269 g/mol. The van der Waals surface area contributed by atoms with Gasteiger partial charge in [0.05, 0.1) is 0 Å². The Bertz CT molecular complexity index is 137. The normalized spacial score (nSPS) is 15.2. The van der Waals surface area contributed by atoms with Crippen molar-refractivity contribution in [1.29, 1.82) is 0 Å². The van der Waals surface area contributed by atoms with Gasteiger partial charge in [0.15, 0.2) is 0 Å². The molecule has 0 aromatic rings. The van der Waals surface area contributed by atoms with Crippen LogP contribution >= 0.6 is 0 Å². The summed E-state index contributed by atoms with van der Waals surface area (Å²) in [6, 6.07) is 0. The van der Waals surface area contributed by atoms with Gasteiger partial charge in [0.1, 0.15) is 0 Å². The molecule has 0 fully saturated rings. The molecule has 0 saturated heterocycles.